The molecular weight excluding hydrogens is 484 g/mol. The van der Waals surface area contributed by atoms with Crippen molar-refractivity contribution >= 4 is 23.4 Å². The van der Waals surface area contributed by atoms with Gasteiger partial charge in [-0.15, -0.1) is 0 Å². The summed E-state index contributed by atoms with van der Waals surface area (Å²) < 4.78 is 5.75. The highest BCUT2D eigenvalue weighted by Gasteiger charge is 2.27. The smallest absolute Gasteiger partial charge is 0.246 e. The van der Waals surface area contributed by atoms with Gasteiger partial charge in [-0.25, -0.2) is 0 Å². The molecule has 10 nitrogen and oxygen atoms in total. The predicted molar refractivity (Wildman–Crippen MR) is 147 cm³/mol. The predicted octanol–water partition coefficient (Wildman–Crippen LogP) is 0.995. The second kappa shape index (κ2) is 15.1. The van der Waals surface area contributed by atoms with Gasteiger partial charge in [-0.1, -0.05) is 30.3 Å². The Balaban J connectivity index is 1.61. The molecule has 3 rings (SSSR count). The molecule has 0 radical (unpaired) electrons. The first-order chi connectivity index (χ1) is 18.4. The molecule has 10 heteroatoms. The number of hydrogen-bond donors (Lipinski definition) is 5. The van der Waals surface area contributed by atoms with Crippen molar-refractivity contribution in [2.45, 2.75) is 44.2 Å². The fourth-order valence-corrected chi connectivity index (χ4v) is 3.95. The Hall–Kier alpha value is -3.47. The van der Waals surface area contributed by atoms with E-state index in [2.05, 4.69) is 10.6 Å². The molecule has 2 atom stereocenters. The normalized spacial score (nSPS) is 14.3. The van der Waals surface area contributed by atoms with Gasteiger partial charge in [-0.05, 0) is 61.4 Å². The first kappa shape index (κ1) is 29.1. The van der Waals surface area contributed by atoms with Crippen molar-refractivity contribution in [3.05, 3.63) is 60.2 Å². The van der Waals surface area contributed by atoms with E-state index >= 15 is 0 Å². The first-order valence-electron chi connectivity index (χ1n) is 13.2. The molecule has 8 N–H and O–H groups in total. The maximum atomic E-state index is 13.2. The molecule has 1 aliphatic carbocycles. The van der Waals surface area contributed by atoms with Crippen LogP contribution in [0.3, 0.4) is 0 Å². The third-order valence-corrected chi connectivity index (χ3v) is 6.38. The van der Waals surface area contributed by atoms with Crippen LogP contribution in [0.15, 0.2) is 54.6 Å². The van der Waals surface area contributed by atoms with Gasteiger partial charge in [0.2, 0.25) is 17.7 Å². The molecule has 0 spiro atoms. The zero-order valence-electron chi connectivity index (χ0n) is 21.8. The lowest BCUT2D eigenvalue weighted by molar-refractivity contribution is -0.134. The molecule has 1 aliphatic rings. The van der Waals surface area contributed by atoms with Crippen molar-refractivity contribution in [2.75, 3.05) is 38.1 Å². The quantitative estimate of drug-likeness (QED) is 0.218. The minimum Gasteiger partial charge on any atom is -0.493 e. The van der Waals surface area contributed by atoms with Gasteiger partial charge in [-0.3, -0.25) is 14.4 Å². The molecule has 0 unspecified atom stereocenters. The van der Waals surface area contributed by atoms with Crippen LogP contribution in [0.5, 0.6) is 5.75 Å². The number of carbonyl (C=O) groups is 3. The van der Waals surface area contributed by atoms with Crippen LogP contribution < -0.4 is 32.6 Å². The molecule has 206 valence electrons. The third-order valence-electron chi connectivity index (χ3n) is 6.38. The van der Waals surface area contributed by atoms with Gasteiger partial charge >= 0.3 is 0 Å². The average molecular weight is 525 g/mol. The van der Waals surface area contributed by atoms with Crippen molar-refractivity contribution in [2.24, 2.45) is 23.1 Å². The van der Waals surface area contributed by atoms with Crippen LogP contribution in [0, 0.1) is 5.92 Å². The fourth-order valence-electron chi connectivity index (χ4n) is 3.95. The standard InChI is InChI=1S/C28H40N6O4/c29-14-16-34(17-15-30)26(35)18-24(31)27(36)33-25(13-8-20-4-2-1-3-5-20)28(37)32-22-9-11-23(12-10-22)38-19-21-6-7-21/h1-5,9-12,21,24-25H,6-8,13-19,29-31H2,(H,32,37)(H,33,36)/t24-,25-/m0/s1. The SMILES string of the molecule is NCCN(CCN)C(=O)C[C@H](N)C(=O)N[C@@H](CCc1ccccc1)C(=O)Nc1ccc(OCC2CC2)cc1. The van der Waals surface area contributed by atoms with E-state index in [4.69, 9.17) is 21.9 Å². The van der Waals surface area contributed by atoms with Crippen LogP contribution >= 0.6 is 0 Å². The van der Waals surface area contributed by atoms with E-state index < -0.39 is 18.0 Å². The zero-order chi connectivity index (χ0) is 27.3. The number of amides is 3. The van der Waals surface area contributed by atoms with Gasteiger partial charge in [0, 0.05) is 31.9 Å². The highest BCUT2D eigenvalue weighted by atomic mass is 16.5. The largest absolute Gasteiger partial charge is 0.493 e. The molecule has 3 amide bonds. The highest BCUT2D eigenvalue weighted by molar-refractivity contribution is 5.98. The average Bonchev–Trinajstić information content (AvgIpc) is 3.75. The third kappa shape index (κ3) is 9.77. The molecule has 0 bridgehead atoms. The molecule has 0 aliphatic heterocycles. The van der Waals surface area contributed by atoms with Gasteiger partial charge in [0.25, 0.3) is 0 Å². The Kier molecular flexibility index (Phi) is 11.5. The van der Waals surface area contributed by atoms with Crippen molar-refractivity contribution in [3.63, 3.8) is 0 Å². The highest BCUT2D eigenvalue weighted by Crippen LogP contribution is 2.29. The zero-order valence-corrected chi connectivity index (χ0v) is 21.8. The number of benzene rings is 2. The van der Waals surface area contributed by atoms with E-state index in [1.54, 1.807) is 12.1 Å². The Morgan fingerprint density at radius 1 is 0.947 bits per heavy atom. The van der Waals surface area contributed by atoms with Crippen molar-refractivity contribution in [1.82, 2.24) is 10.2 Å². The van der Waals surface area contributed by atoms with Gasteiger partial charge in [-0.2, -0.15) is 0 Å². The Morgan fingerprint density at radius 3 is 2.21 bits per heavy atom. The van der Waals surface area contributed by atoms with E-state index in [9.17, 15) is 14.4 Å². The Morgan fingerprint density at radius 2 is 1.61 bits per heavy atom. The minimum absolute atomic E-state index is 0.207. The maximum absolute atomic E-state index is 13.2. The number of ether oxygens (including phenoxy) is 1. The van der Waals surface area contributed by atoms with E-state index in [1.165, 1.54) is 17.7 Å². The Bertz CT molecular complexity index is 1020. The number of hydrogen-bond acceptors (Lipinski definition) is 7. The van der Waals surface area contributed by atoms with Crippen LogP contribution in [0.1, 0.15) is 31.2 Å². The lowest BCUT2D eigenvalue weighted by atomic mass is 10.0. The summed E-state index contributed by atoms with van der Waals surface area (Å²) in [6.07, 6.45) is 3.14. The minimum atomic E-state index is -1.12. The molecule has 0 saturated heterocycles. The number of carbonyl (C=O) groups excluding carboxylic acids is 3. The van der Waals surface area contributed by atoms with E-state index in [0.717, 1.165) is 11.3 Å². The van der Waals surface area contributed by atoms with Crippen molar-refractivity contribution in [3.8, 4) is 5.75 Å². The van der Waals surface area contributed by atoms with Crippen LogP contribution in [-0.4, -0.2) is 67.5 Å². The van der Waals surface area contributed by atoms with Gasteiger partial charge in [0.15, 0.2) is 0 Å². The number of nitrogens with two attached hydrogens (primary N) is 3. The number of nitrogens with zero attached hydrogens (tertiary/aromatic N) is 1. The summed E-state index contributed by atoms with van der Waals surface area (Å²) in [6, 6.07) is 14.9. The molecular formula is C28H40N6O4. The molecule has 0 heterocycles. The summed E-state index contributed by atoms with van der Waals surface area (Å²) in [6.45, 7) is 1.93. The van der Waals surface area contributed by atoms with Crippen LogP contribution in [0.25, 0.3) is 0 Å². The van der Waals surface area contributed by atoms with Crippen molar-refractivity contribution in [1.29, 1.82) is 0 Å². The number of rotatable bonds is 16. The monoisotopic (exact) mass is 524 g/mol. The topological polar surface area (TPSA) is 166 Å². The number of nitrogens with one attached hydrogen (secondary N) is 2. The maximum Gasteiger partial charge on any atom is 0.246 e. The summed E-state index contributed by atoms with van der Waals surface area (Å²) >= 11 is 0. The molecule has 38 heavy (non-hydrogen) atoms. The lowest BCUT2D eigenvalue weighted by Crippen LogP contribution is -2.52. The summed E-state index contributed by atoms with van der Waals surface area (Å²) in [4.78, 5) is 40.2. The molecule has 2 aromatic carbocycles. The summed E-state index contributed by atoms with van der Waals surface area (Å²) in [7, 11) is 0. The fraction of sp³-hybridized carbons (Fsp3) is 0.464. The molecule has 0 aromatic heterocycles. The molecule has 1 fully saturated rings. The van der Waals surface area contributed by atoms with Gasteiger partial charge in [0.05, 0.1) is 19.1 Å². The van der Waals surface area contributed by atoms with Gasteiger partial charge in [0.1, 0.15) is 11.8 Å². The van der Waals surface area contributed by atoms with Gasteiger partial charge < -0.3 is 37.5 Å². The van der Waals surface area contributed by atoms with Crippen LogP contribution in [0.2, 0.25) is 0 Å². The van der Waals surface area contributed by atoms with Crippen LogP contribution in [-0.2, 0) is 20.8 Å². The van der Waals surface area contributed by atoms with E-state index in [1.807, 2.05) is 42.5 Å². The first-order valence-corrected chi connectivity index (χ1v) is 13.2. The van der Waals surface area contributed by atoms with E-state index in [0.29, 0.717) is 44.1 Å². The summed E-state index contributed by atoms with van der Waals surface area (Å²) in [5.41, 5.74) is 18.8. The number of aryl methyl sites for hydroxylation is 1. The summed E-state index contributed by atoms with van der Waals surface area (Å²) in [5.74, 6) is 0.146. The second-order valence-electron chi connectivity index (χ2n) is 9.62. The number of anilines is 1. The molecule has 2 aromatic rings. The lowest BCUT2D eigenvalue weighted by Gasteiger charge is -2.24. The van der Waals surface area contributed by atoms with Crippen LogP contribution in [0.4, 0.5) is 5.69 Å². The van der Waals surface area contributed by atoms with Crippen molar-refractivity contribution < 1.29 is 19.1 Å². The van der Waals surface area contributed by atoms with E-state index in [-0.39, 0.29) is 31.3 Å². The second-order valence-corrected chi connectivity index (χ2v) is 9.62. The summed E-state index contributed by atoms with van der Waals surface area (Å²) in [5, 5.41) is 5.61. The molecule has 1 saturated carbocycles. The Labute approximate surface area is 224 Å².